The lowest BCUT2D eigenvalue weighted by Gasteiger charge is -2.56. The van der Waals surface area contributed by atoms with E-state index in [4.69, 9.17) is 18.9 Å². The van der Waals surface area contributed by atoms with Crippen molar-refractivity contribution in [2.75, 3.05) is 34.5 Å². The molecule has 1 aromatic carbocycles. The van der Waals surface area contributed by atoms with E-state index in [1.165, 1.54) is 65.9 Å². The summed E-state index contributed by atoms with van der Waals surface area (Å²) in [5.41, 5.74) is 0.435. The van der Waals surface area contributed by atoms with Crippen LogP contribution in [0.1, 0.15) is 48.9 Å². The summed E-state index contributed by atoms with van der Waals surface area (Å²) in [7, 11) is 4.41. The number of rotatable bonds is 8. The zero-order valence-electron chi connectivity index (χ0n) is 18.0. The maximum atomic E-state index is 12.5. The monoisotopic (exact) mass is 417 g/mol. The highest BCUT2D eigenvalue weighted by Gasteiger charge is 2.50. The number of esters is 1. The van der Waals surface area contributed by atoms with Crippen LogP contribution in [0.5, 0.6) is 17.2 Å². The predicted octanol–water partition coefficient (Wildman–Crippen LogP) is 3.20. The first kappa shape index (κ1) is 20.8. The average Bonchev–Trinajstić information content (AvgIpc) is 2.73. The van der Waals surface area contributed by atoms with E-state index < -0.39 is 5.97 Å². The lowest BCUT2D eigenvalue weighted by atomic mass is 9.49. The standard InChI is InChI=1S/C23H31NO6/c1-27-18-5-4-17(20(28-2)21(18)29-3)22(26)30-12-19(25)24-13-23-9-14-6-15(10-23)8-16(7-14)11-23/h4-5,14-16H,6-13H2,1-3H3,(H,24,25). The third kappa shape index (κ3) is 3.94. The molecular formula is C23H31NO6. The number of ether oxygens (including phenoxy) is 4. The van der Waals surface area contributed by atoms with Gasteiger partial charge >= 0.3 is 5.97 Å². The number of nitrogens with one attached hydrogen (secondary N) is 1. The second-order valence-electron chi connectivity index (χ2n) is 9.15. The van der Waals surface area contributed by atoms with Crippen LogP contribution >= 0.6 is 0 Å². The van der Waals surface area contributed by atoms with Gasteiger partial charge in [0.15, 0.2) is 18.1 Å². The van der Waals surface area contributed by atoms with Gasteiger partial charge in [-0.05, 0) is 73.8 Å². The van der Waals surface area contributed by atoms with Crippen molar-refractivity contribution >= 4 is 11.9 Å². The molecule has 1 aromatic rings. The van der Waals surface area contributed by atoms with E-state index >= 15 is 0 Å². The van der Waals surface area contributed by atoms with Crippen LogP contribution in [0.3, 0.4) is 0 Å². The van der Waals surface area contributed by atoms with Gasteiger partial charge in [-0.3, -0.25) is 4.79 Å². The molecule has 4 aliphatic rings. The number of amides is 1. The summed E-state index contributed by atoms with van der Waals surface area (Å²) in [4.78, 5) is 24.9. The van der Waals surface area contributed by atoms with E-state index in [1.54, 1.807) is 6.07 Å². The predicted molar refractivity (Wildman–Crippen MR) is 110 cm³/mol. The minimum absolute atomic E-state index is 0.184. The molecule has 0 radical (unpaired) electrons. The molecule has 0 aliphatic heterocycles. The number of hydrogen-bond donors (Lipinski definition) is 1. The molecule has 0 aromatic heterocycles. The molecule has 7 heteroatoms. The van der Waals surface area contributed by atoms with Crippen molar-refractivity contribution in [3.05, 3.63) is 17.7 Å². The van der Waals surface area contributed by atoms with Gasteiger partial charge in [-0.1, -0.05) is 0 Å². The zero-order valence-corrected chi connectivity index (χ0v) is 18.0. The minimum Gasteiger partial charge on any atom is -0.493 e. The molecule has 1 amide bonds. The fourth-order valence-electron chi connectivity index (χ4n) is 6.31. The summed E-state index contributed by atoms with van der Waals surface area (Å²) in [6.07, 6.45) is 7.79. The molecular weight excluding hydrogens is 386 g/mol. The van der Waals surface area contributed by atoms with Crippen LogP contribution < -0.4 is 19.5 Å². The van der Waals surface area contributed by atoms with Gasteiger partial charge in [0, 0.05) is 6.54 Å². The molecule has 4 fully saturated rings. The summed E-state index contributed by atoms with van der Waals surface area (Å²) in [6.45, 7) is 0.370. The molecule has 164 valence electrons. The lowest BCUT2D eigenvalue weighted by molar-refractivity contribution is -0.126. The molecule has 0 spiro atoms. The highest BCUT2D eigenvalue weighted by Crippen LogP contribution is 2.59. The quantitative estimate of drug-likeness (QED) is 0.654. The summed E-state index contributed by atoms with van der Waals surface area (Å²) in [5, 5.41) is 3.02. The van der Waals surface area contributed by atoms with Gasteiger partial charge in [0.2, 0.25) is 5.75 Å². The first-order valence-electron chi connectivity index (χ1n) is 10.7. The second kappa shape index (κ2) is 8.36. The average molecular weight is 418 g/mol. The third-order valence-corrected chi connectivity index (χ3v) is 7.08. The zero-order chi connectivity index (χ0) is 21.3. The highest BCUT2D eigenvalue weighted by atomic mass is 16.5. The van der Waals surface area contributed by atoms with Crippen LogP contribution in [0.25, 0.3) is 0 Å². The molecule has 0 heterocycles. The van der Waals surface area contributed by atoms with Gasteiger partial charge in [0.25, 0.3) is 5.91 Å². The van der Waals surface area contributed by atoms with Crippen molar-refractivity contribution in [1.82, 2.24) is 5.32 Å². The van der Waals surface area contributed by atoms with Gasteiger partial charge in [0.05, 0.1) is 21.3 Å². The van der Waals surface area contributed by atoms with Gasteiger partial charge in [-0.25, -0.2) is 4.79 Å². The van der Waals surface area contributed by atoms with Crippen LogP contribution in [-0.2, 0) is 9.53 Å². The minimum atomic E-state index is -0.641. The first-order valence-corrected chi connectivity index (χ1v) is 10.7. The van der Waals surface area contributed by atoms with E-state index in [9.17, 15) is 9.59 Å². The van der Waals surface area contributed by atoms with Crippen molar-refractivity contribution in [2.45, 2.75) is 38.5 Å². The summed E-state index contributed by atoms with van der Waals surface area (Å²) in [6, 6.07) is 3.14. The maximum absolute atomic E-state index is 12.5. The number of carbonyl (C=O) groups is 2. The number of benzene rings is 1. The third-order valence-electron chi connectivity index (χ3n) is 7.08. The molecule has 0 saturated heterocycles. The second-order valence-corrected chi connectivity index (χ2v) is 9.15. The number of hydrogen-bond acceptors (Lipinski definition) is 6. The van der Waals surface area contributed by atoms with Crippen molar-refractivity contribution in [3.8, 4) is 17.2 Å². The molecule has 0 atom stereocenters. The normalized spacial score (nSPS) is 28.7. The molecule has 7 nitrogen and oxygen atoms in total. The van der Waals surface area contributed by atoms with Crippen molar-refractivity contribution < 1.29 is 28.5 Å². The summed E-state index contributed by atoms with van der Waals surface area (Å²) >= 11 is 0. The van der Waals surface area contributed by atoms with Crippen molar-refractivity contribution in [1.29, 1.82) is 0 Å². The maximum Gasteiger partial charge on any atom is 0.342 e. The number of methoxy groups -OCH3 is 3. The Bertz CT molecular complexity index is 785. The molecule has 4 aliphatic carbocycles. The highest BCUT2D eigenvalue weighted by molar-refractivity contribution is 5.95. The summed E-state index contributed by atoms with van der Waals surface area (Å²) in [5.74, 6) is 2.57. The Kier molecular flexibility index (Phi) is 5.80. The fraction of sp³-hybridized carbons (Fsp3) is 0.652. The van der Waals surface area contributed by atoms with Crippen molar-refractivity contribution in [2.24, 2.45) is 23.2 Å². The smallest absolute Gasteiger partial charge is 0.342 e. The van der Waals surface area contributed by atoms with Crippen molar-refractivity contribution in [3.63, 3.8) is 0 Å². The van der Waals surface area contributed by atoms with Gasteiger partial charge in [0.1, 0.15) is 5.56 Å². The molecule has 5 rings (SSSR count). The molecule has 0 unspecified atom stereocenters. The Labute approximate surface area is 177 Å². The summed E-state index contributed by atoms with van der Waals surface area (Å²) < 4.78 is 21.1. The first-order chi connectivity index (χ1) is 14.5. The fourth-order valence-corrected chi connectivity index (χ4v) is 6.31. The van der Waals surface area contributed by atoms with E-state index in [2.05, 4.69) is 5.32 Å². The van der Waals surface area contributed by atoms with Crippen LogP contribution in [0.15, 0.2) is 12.1 Å². The van der Waals surface area contributed by atoms with Crippen LogP contribution in [0.2, 0.25) is 0 Å². The Morgan fingerprint density at radius 3 is 2.07 bits per heavy atom. The van der Waals surface area contributed by atoms with E-state index in [0.29, 0.717) is 18.0 Å². The van der Waals surface area contributed by atoms with Crippen LogP contribution in [0.4, 0.5) is 0 Å². The van der Waals surface area contributed by atoms with E-state index in [-0.39, 0.29) is 29.2 Å². The van der Waals surface area contributed by atoms with E-state index in [0.717, 1.165) is 17.8 Å². The van der Waals surface area contributed by atoms with Crippen LogP contribution in [-0.4, -0.2) is 46.4 Å². The topological polar surface area (TPSA) is 83.1 Å². The largest absolute Gasteiger partial charge is 0.493 e. The Hall–Kier alpha value is -2.44. The molecule has 30 heavy (non-hydrogen) atoms. The SMILES string of the molecule is COc1ccc(C(=O)OCC(=O)NCC23CC4CC(CC(C4)C2)C3)c(OC)c1OC. The van der Waals surface area contributed by atoms with E-state index in [1.807, 2.05) is 0 Å². The Morgan fingerprint density at radius 2 is 1.53 bits per heavy atom. The lowest BCUT2D eigenvalue weighted by Crippen LogP contribution is -2.51. The molecule has 4 saturated carbocycles. The van der Waals surface area contributed by atoms with Crippen LogP contribution in [0, 0.1) is 23.2 Å². The Balaban J connectivity index is 1.33. The molecule has 4 bridgehead atoms. The van der Waals surface area contributed by atoms with Gasteiger partial charge in [-0.2, -0.15) is 0 Å². The Morgan fingerprint density at radius 1 is 0.933 bits per heavy atom. The number of carbonyl (C=O) groups excluding carboxylic acids is 2. The van der Waals surface area contributed by atoms with Gasteiger partial charge < -0.3 is 24.3 Å². The van der Waals surface area contributed by atoms with Gasteiger partial charge in [-0.15, -0.1) is 0 Å². The molecule has 1 N–H and O–H groups in total.